The van der Waals surface area contributed by atoms with Crippen LogP contribution in [0.2, 0.25) is 10.2 Å². The number of aromatic nitrogens is 1. The largest absolute Gasteiger partial charge is 0.241 e. The number of rotatable bonds is 3. The van der Waals surface area contributed by atoms with Crippen molar-refractivity contribution in [1.29, 1.82) is 0 Å². The zero-order chi connectivity index (χ0) is 14.0. The van der Waals surface area contributed by atoms with Crippen LogP contribution in [-0.4, -0.2) is 13.4 Å². The lowest BCUT2D eigenvalue weighted by molar-refractivity contribution is 0.595. The van der Waals surface area contributed by atoms with Crippen LogP contribution in [0.25, 0.3) is 0 Å². The summed E-state index contributed by atoms with van der Waals surface area (Å²) in [5, 5.41) is 0.855. The molecule has 1 heterocycles. The summed E-state index contributed by atoms with van der Waals surface area (Å²) in [6, 6.07) is 9.37. The van der Waals surface area contributed by atoms with Gasteiger partial charge in [-0.2, -0.15) is 0 Å². The van der Waals surface area contributed by atoms with Gasteiger partial charge in [0, 0.05) is 10.7 Å². The minimum atomic E-state index is -3.41. The first kappa shape index (κ1) is 14.3. The molecule has 0 saturated heterocycles. The predicted molar refractivity (Wildman–Crippen MR) is 76.3 cm³/mol. The maximum absolute atomic E-state index is 12.2. The summed E-state index contributed by atoms with van der Waals surface area (Å²) in [4.78, 5) is 4.29. The van der Waals surface area contributed by atoms with Crippen molar-refractivity contribution >= 4 is 33.0 Å². The third-order valence-corrected chi connectivity index (χ3v) is 4.82. The smallest absolute Gasteiger partial charge is 0.182 e. The average molecular weight is 316 g/mol. The topological polar surface area (TPSA) is 47.0 Å². The lowest BCUT2D eigenvalue weighted by atomic mass is 10.2. The fourth-order valence-electron chi connectivity index (χ4n) is 1.64. The number of hydrogen-bond acceptors (Lipinski definition) is 3. The molecule has 0 spiro atoms. The Morgan fingerprint density at radius 1 is 1.05 bits per heavy atom. The molecular weight excluding hydrogens is 305 g/mol. The molecule has 0 amide bonds. The molecule has 1 aromatic carbocycles. The highest BCUT2D eigenvalue weighted by molar-refractivity contribution is 7.90. The van der Waals surface area contributed by atoms with E-state index < -0.39 is 9.84 Å². The highest BCUT2D eigenvalue weighted by atomic mass is 35.5. The summed E-state index contributed by atoms with van der Waals surface area (Å²) in [6.07, 6.45) is 0. The molecule has 100 valence electrons. The van der Waals surface area contributed by atoms with E-state index in [1.165, 1.54) is 12.1 Å². The van der Waals surface area contributed by atoms with Crippen LogP contribution in [0.4, 0.5) is 0 Å². The number of sulfone groups is 1. The second-order valence-corrected chi connectivity index (χ2v) is 6.90. The fraction of sp³-hybridized carbons (Fsp3) is 0.154. The summed E-state index contributed by atoms with van der Waals surface area (Å²) in [5.74, 6) is -0.107. The van der Waals surface area contributed by atoms with E-state index in [0.29, 0.717) is 21.4 Å². The van der Waals surface area contributed by atoms with Gasteiger partial charge in [-0.05, 0) is 42.8 Å². The Balaban J connectivity index is 2.33. The number of benzene rings is 1. The van der Waals surface area contributed by atoms with E-state index in [0.717, 1.165) is 0 Å². The molecule has 2 rings (SSSR count). The van der Waals surface area contributed by atoms with Crippen molar-refractivity contribution in [3.8, 4) is 0 Å². The summed E-state index contributed by atoms with van der Waals surface area (Å²) >= 11 is 11.5. The monoisotopic (exact) mass is 315 g/mol. The molecule has 0 unspecified atom stereocenters. The second-order valence-electron chi connectivity index (χ2n) is 4.09. The molecule has 0 fully saturated rings. The summed E-state index contributed by atoms with van der Waals surface area (Å²) < 4.78 is 24.5. The van der Waals surface area contributed by atoms with E-state index in [4.69, 9.17) is 23.2 Å². The van der Waals surface area contributed by atoms with E-state index in [9.17, 15) is 8.42 Å². The van der Waals surface area contributed by atoms with Crippen molar-refractivity contribution in [3.63, 3.8) is 0 Å². The maximum Gasteiger partial charge on any atom is 0.182 e. The third kappa shape index (κ3) is 3.47. The third-order valence-electron chi connectivity index (χ3n) is 2.68. The Hall–Kier alpha value is -1.10. The van der Waals surface area contributed by atoms with E-state index in [-0.39, 0.29) is 10.6 Å². The van der Waals surface area contributed by atoms with Gasteiger partial charge < -0.3 is 0 Å². The van der Waals surface area contributed by atoms with Crippen LogP contribution < -0.4 is 0 Å². The normalized spacial score (nSPS) is 11.5. The minimum absolute atomic E-state index is 0.107. The molecule has 0 aliphatic rings. The SMILES string of the molecule is Cc1nc(Cl)ccc1CS(=O)(=O)c1ccc(Cl)cc1. The summed E-state index contributed by atoms with van der Waals surface area (Å²) in [6.45, 7) is 1.73. The molecule has 19 heavy (non-hydrogen) atoms. The number of aryl methyl sites for hydroxylation is 1. The highest BCUT2D eigenvalue weighted by Crippen LogP contribution is 2.20. The lowest BCUT2D eigenvalue weighted by Crippen LogP contribution is -2.06. The van der Waals surface area contributed by atoms with E-state index in [2.05, 4.69) is 4.98 Å². The molecule has 0 aliphatic carbocycles. The average Bonchev–Trinajstić information content (AvgIpc) is 2.33. The summed E-state index contributed by atoms with van der Waals surface area (Å²) in [5.41, 5.74) is 1.25. The van der Waals surface area contributed by atoms with Crippen molar-refractivity contribution in [1.82, 2.24) is 4.98 Å². The number of pyridine rings is 1. The first-order valence-electron chi connectivity index (χ1n) is 5.49. The molecule has 0 atom stereocenters. The van der Waals surface area contributed by atoms with E-state index >= 15 is 0 Å². The Labute approximate surface area is 122 Å². The van der Waals surface area contributed by atoms with Crippen molar-refractivity contribution in [2.24, 2.45) is 0 Å². The van der Waals surface area contributed by atoms with Gasteiger partial charge in [0.05, 0.1) is 10.6 Å². The van der Waals surface area contributed by atoms with E-state index in [1.807, 2.05) is 0 Å². The molecule has 0 N–H and O–H groups in total. The number of nitrogens with zero attached hydrogens (tertiary/aromatic N) is 1. The van der Waals surface area contributed by atoms with Crippen molar-refractivity contribution in [3.05, 3.63) is 57.8 Å². The van der Waals surface area contributed by atoms with Gasteiger partial charge in [-0.25, -0.2) is 13.4 Å². The Bertz CT molecular complexity index is 697. The molecule has 3 nitrogen and oxygen atoms in total. The number of halogens is 2. The van der Waals surface area contributed by atoms with Gasteiger partial charge in [0.25, 0.3) is 0 Å². The van der Waals surface area contributed by atoms with Crippen LogP contribution in [-0.2, 0) is 15.6 Å². The Kier molecular flexibility index (Phi) is 4.13. The molecule has 6 heteroatoms. The van der Waals surface area contributed by atoms with Crippen LogP contribution in [0.15, 0.2) is 41.3 Å². The number of hydrogen-bond donors (Lipinski definition) is 0. The van der Waals surface area contributed by atoms with Crippen LogP contribution in [0.1, 0.15) is 11.3 Å². The van der Waals surface area contributed by atoms with Gasteiger partial charge in [0.15, 0.2) is 9.84 Å². The van der Waals surface area contributed by atoms with Gasteiger partial charge in [0.1, 0.15) is 5.15 Å². The highest BCUT2D eigenvalue weighted by Gasteiger charge is 2.17. The lowest BCUT2D eigenvalue weighted by Gasteiger charge is -2.07. The van der Waals surface area contributed by atoms with Gasteiger partial charge in [0.2, 0.25) is 0 Å². The molecular formula is C13H11Cl2NO2S. The zero-order valence-corrected chi connectivity index (χ0v) is 12.4. The van der Waals surface area contributed by atoms with Crippen LogP contribution in [0, 0.1) is 6.92 Å². The molecule has 0 radical (unpaired) electrons. The van der Waals surface area contributed by atoms with Crippen molar-refractivity contribution in [2.45, 2.75) is 17.6 Å². The zero-order valence-electron chi connectivity index (χ0n) is 10.1. The molecule has 2 aromatic rings. The van der Waals surface area contributed by atoms with Gasteiger partial charge >= 0.3 is 0 Å². The van der Waals surface area contributed by atoms with Crippen molar-refractivity contribution in [2.75, 3.05) is 0 Å². The molecule has 0 aliphatic heterocycles. The maximum atomic E-state index is 12.2. The summed E-state index contributed by atoms with van der Waals surface area (Å²) in [7, 11) is -3.41. The van der Waals surface area contributed by atoms with Gasteiger partial charge in [-0.1, -0.05) is 29.3 Å². The quantitative estimate of drug-likeness (QED) is 0.812. The van der Waals surface area contributed by atoms with Gasteiger partial charge in [-0.3, -0.25) is 0 Å². The standard InChI is InChI=1S/C13H11Cl2NO2S/c1-9-10(2-7-13(15)16-9)8-19(17,18)12-5-3-11(14)4-6-12/h2-7H,8H2,1H3. The second kappa shape index (κ2) is 5.49. The molecule has 0 saturated carbocycles. The van der Waals surface area contributed by atoms with E-state index in [1.54, 1.807) is 31.2 Å². The Morgan fingerprint density at radius 2 is 1.68 bits per heavy atom. The minimum Gasteiger partial charge on any atom is -0.241 e. The first-order chi connectivity index (χ1) is 8.88. The Morgan fingerprint density at radius 3 is 2.26 bits per heavy atom. The molecule has 1 aromatic heterocycles. The van der Waals surface area contributed by atoms with Crippen LogP contribution >= 0.6 is 23.2 Å². The van der Waals surface area contributed by atoms with Crippen LogP contribution in [0.3, 0.4) is 0 Å². The van der Waals surface area contributed by atoms with Crippen molar-refractivity contribution < 1.29 is 8.42 Å². The molecule has 0 bridgehead atoms. The fourth-order valence-corrected chi connectivity index (χ4v) is 3.39. The van der Waals surface area contributed by atoms with Crippen LogP contribution in [0.5, 0.6) is 0 Å². The van der Waals surface area contributed by atoms with Gasteiger partial charge in [-0.15, -0.1) is 0 Å². The predicted octanol–water partition coefficient (Wildman–Crippen LogP) is 3.67. The first-order valence-corrected chi connectivity index (χ1v) is 7.90.